The van der Waals surface area contributed by atoms with Crippen LogP contribution >= 0.6 is 11.6 Å². The van der Waals surface area contributed by atoms with Crippen LogP contribution in [0, 0.1) is 5.82 Å². The summed E-state index contributed by atoms with van der Waals surface area (Å²) in [6.07, 6.45) is 2.47. The number of likely N-dealkylation sites (N-methyl/N-ethyl adjacent to an activating group) is 1. The largest absolute Gasteiger partial charge is 0.494 e. The zero-order chi connectivity index (χ0) is 29.5. The molecule has 0 atom stereocenters. The van der Waals surface area contributed by atoms with Crippen LogP contribution in [-0.4, -0.2) is 74.6 Å². The molecule has 0 saturated carbocycles. The highest BCUT2D eigenvalue weighted by atomic mass is 35.5. The summed E-state index contributed by atoms with van der Waals surface area (Å²) in [6.45, 7) is 6.19. The molecule has 0 radical (unpaired) electrons. The predicted octanol–water partition coefficient (Wildman–Crippen LogP) is 5.50. The van der Waals surface area contributed by atoms with Gasteiger partial charge in [0.25, 0.3) is 10.0 Å². The molecule has 1 aliphatic rings. The van der Waals surface area contributed by atoms with Crippen LogP contribution in [-0.2, 0) is 10.0 Å². The summed E-state index contributed by atoms with van der Waals surface area (Å²) in [7, 11) is -1.77. The van der Waals surface area contributed by atoms with E-state index < -0.39 is 15.8 Å². The SMILES string of the molecule is CN1CCN(CCCOc2ccc(-c3cc(Nc4ccc(NS(=O)(=O)c5ccc(F)c(Cl)c5)cc4)ncn3)cc2)CC1. The van der Waals surface area contributed by atoms with E-state index in [4.69, 9.17) is 16.3 Å². The maximum absolute atomic E-state index is 13.4. The lowest BCUT2D eigenvalue weighted by atomic mass is 10.1. The Morgan fingerprint density at radius 2 is 1.64 bits per heavy atom. The zero-order valence-electron chi connectivity index (χ0n) is 23.1. The molecule has 0 spiro atoms. The zero-order valence-corrected chi connectivity index (χ0v) is 24.7. The third-order valence-electron chi connectivity index (χ3n) is 6.91. The smallest absolute Gasteiger partial charge is 0.261 e. The van der Waals surface area contributed by atoms with Crippen molar-refractivity contribution in [3.8, 4) is 17.0 Å². The molecule has 1 aromatic heterocycles. The predicted molar refractivity (Wildman–Crippen MR) is 163 cm³/mol. The Balaban J connectivity index is 1.14. The quantitative estimate of drug-likeness (QED) is 0.215. The van der Waals surface area contributed by atoms with Crippen molar-refractivity contribution in [2.24, 2.45) is 0 Å². The molecule has 1 fully saturated rings. The Morgan fingerprint density at radius 3 is 2.36 bits per heavy atom. The number of nitrogens with zero attached hydrogens (tertiary/aromatic N) is 4. The van der Waals surface area contributed by atoms with E-state index in [-0.39, 0.29) is 9.92 Å². The maximum atomic E-state index is 13.4. The first kappa shape index (κ1) is 29.7. The van der Waals surface area contributed by atoms with Crippen LogP contribution in [0.5, 0.6) is 5.75 Å². The van der Waals surface area contributed by atoms with E-state index in [2.05, 4.69) is 36.9 Å². The van der Waals surface area contributed by atoms with Crippen molar-refractivity contribution < 1.29 is 17.5 Å². The molecular formula is C30H32ClFN6O3S. The lowest BCUT2D eigenvalue weighted by molar-refractivity contribution is 0.145. The number of piperazine rings is 1. The number of rotatable bonds is 11. The van der Waals surface area contributed by atoms with Gasteiger partial charge in [-0.15, -0.1) is 0 Å². The average Bonchev–Trinajstić information content (AvgIpc) is 2.99. The highest BCUT2D eigenvalue weighted by Crippen LogP contribution is 2.26. The standard InChI is InChI=1S/C30H32ClFN6O3S/c1-37-14-16-38(17-15-37)13-2-18-41-25-9-3-22(4-10-25)29-20-30(34-21-33-29)35-23-5-7-24(8-6-23)36-42(39,40)26-11-12-28(32)27(31)19-26/h3-12,19-21,36H,2,13-18H2,1H3,(H,33,34,35). The maximum Gasteiger partial charge on any atom is 0.261 e. The monoisotopic (exact) mass is 610 g/mol. The van der Waals surface area contributed by atoms with Gasteiger partial charge in [0.1, 0.15) is 23.7 Å². The van der Waals surface area contributed by atoms with E-state index in [1.165, 1.54) is 6.33 Å². The van der Waals surface area contributed by atoms with E-state index in [1.54, 1.807) is 24.3 Å². The number of nitrogens with one attached hydrogen (secondary N) is 2. The van der Waals surface area contributed by atoms with Crippen molar-refractivity contribution in [3.63, 3.8) is 0 Å². The van der Waals surface area contributed by atoms with Gasteiger partial charge < -0.3 is 19.9 Å². The van der Waals surface area contributed by atoms with Crippen LogP contribution < -0.4 is 14.8 Å². The minimum atomic E-state index is -3.93. The molecule has 5 rings (SSSR count). The van der Waals surface area contributed by atoms with Gasteiger partial charge in [0.05, 0.1) is 22.2 Å². The van der Waals surface area contributed by atoms with Crippen LogP contribution in [0.3, 0.4) is 0 Å². The second-order valence-corrected chi connectivity index (χ2v) is 12.1. The van der Waals surface area contributed by atoms with Crippen molar-refractivity contribution in [2.45, 2.75) is 11.3 Å². The number of aromatic nitrogens is 2. The normalized spacial score (nSPS) is 14.5. The van der Waals surface area contributed by atoms with Gasteiger partial charge in [-0.2, -0.15) is 0 Å². The third kappa shape index (κ3) is 7.95. The van der Waals surface area contributed by atoms with Gasteiger partial charge in [0.15, 0.2) is 0 Å². The van der Waals surface area contributed by atoms with Crippen LogP contribution in [0.25, 0.3) is 11.3 Å². The Kier molecular flexibility index (Phi) is 9.53. The minimum Gasteiger partial charge on any atom is -0.494 e. The number of sulfonamides is 1. The first-order valence-electron chi connectivity index (χ1n) is 13.6. The first-order chi connectivity index (χ1) is 20.2. The number of anilines is 3. The minimum absolute atomic E-state index is 0.134. The molecule has 0 unspecified atom stereocenters. The highest BCUT2D eigenvalue weighted by Gasteiger charge is 2.16. The van der Waals surface area contributed by atoms with Gasteiger partial charge in [-0.3, -0.25) is 4.72 Å². The summed E-state index contributed by atoms with van der Waals surface area (Å²) in [4.78, 5) is 13.4. The van der Waals surface area contributed by atoms with Gasteiger partial charge in [-0.05, 0) is 80.2 Å². The van der Waals surface area contributed by atoms with Gasteiger partial charge >= 0.3 is 0 Å². The lowest BCUT2D eigenvalue weighted by Crippen LogP contribution is -2.44. The summed E-state index contributed by atoms with van der Waals surface area (Å²) in [5.41, 5.74) is 2.71. The van der Waals surface area contributed by atoms with Crippen molar-refractivity contribution in [2.75, 3.05) is 56.4 Å². The van der Waals surface area contributed by atoms with Crippen LogP contribution in [0.4, 0.5) is 21.6 Å². The number of hydrogen-bond acceptors (Lipinski definition) is 8. The number of halogens is 2. The topological polar surface area (TPSA) is 99.7 Å². The third-order valence-corrected chi connectivity index (χ3v) is 8.58. The fourth-order valence-electron chi connectivity index (χ4n) is 4.48. The molecule has 2 N–H and O–H groups in total. The van der Waals surface area contributed by atoms with E-state index in [0.717, 1.165) is 74.4 Å². The van der Waals surface area contributed by atoms with Gasteiger partial charge in [-0.25, -0.2) is 22.8 Å². The van der Waals surface area contributed by atoms with Gasteiger partial charge in [-0.1, -0.05) is 11.6 Å². The summed E-state index contributed by atoms with van der Waals surface area (Å²) in [6, 6.07) is 19.5. The molecule has 0 amide bonds. The second-order valence-electron chi connectivity index (χ2n) is 10.0. The van der Waals surface area contributed by atoms with Crippen molar-refractivity contribution >= 4 is 38.8 Å². The van der Waals surface area contributed by atoms with Crippen molar-refractivity contribution in [1.29, 1.82) is 0 Å². The average molecular weight is 611 g/mol. The lowest BCUT2D eigenvalue weighted by Gasteiger charge is -2.32. The van der Waals surface area contributed by atoms with E-state index in [0.29, 0.717) is 23.8 Å². The number of benzene rings is 3. The fourth-order valence-corrected chi connectivity index (χ4v) is 5.81. The Morgan fingerprint density at radius 1 is 0.929 bits per heavy atom. The summed E-state index contributed by atoms with van der Waals surface area (Å²) in [5, 5.41) is 2.94. The molecule has 220 valence electrons. The number of hydrogen-bond donors (Lipinski definition) is 2. The fraction of sp³-hybridized carbons (Fsp3) is 0.267. The van der Waals surface area contributed by atoms with E-state index in [1.807, 2.05) is 30.3 Å². The molecule has 2 heterocycles. The second kappa shape index (κ2) is 13.5. The van der Waals surface area contributed by atoms with Gasteiger partial charge in [0.2, 0.25) is 0 Å². The molecule has 4 aromatic rings. The summed E-state index contributed by atoms with van der Waals surface area (Å²) in [5.74, 6) is 0.717. The molecule has 0 bridgehead atoms. The molecular weight excluding hydrogens is 579 g/mol. The van der Waals surface area contributed by atoms with Crippen LogP contribution in [0.1, 0.15) is 6.42 Å². The summed E-state index contributed by atoms with van der Waals surface area (Å²) >= 11 is 5.73. The van der Waals surface area contributed by atoms with Crippen LogP contribution in [0.2, 0.25) is 5.02 Å². The van der Waals surface area contributed by atoms with E-state index in [9.17, 15) is 12.8 Å². The highest BCUT2D eigenvalue weighted by molar-refractivity contribution is 7.92. The summed E-state index contributed by atoms with van der Waals surface area (Å²) < 4.78 is 47.1. The molecule has 3 aromatic carbocycles. The molecule has 1 saturated heterocycles. The van der Waals surface area contributed by atoms with Crippen LogP contribution in [0.15, 0.2) is 84.0 Å². The Hall–Kier alpha value is -3.77. The first-order valence-corrected chi connectivity index (χ1v) is 15.4. The van der Waals surface area contributed by atoms with E-state index >= 15 is 0 Å². The molecule has 0 aliphatic carbocycles. The Bertz CT molecular complexity index is 1600. The Labute approximate surface area is 250 Å². The molecule has 42 heavy (non-hydrogen) atoms. The molecule has 1 aliphatic heterocycles. The number of ether oxygens (including phenoxy) is 1. The van der Waals surface area contributed by atoms with Crippen molar-refractivity contribution in [3.05, 3.63) is 90.0 Å². The molecule has 9 nitrogen and oxygen atoms in total. The molecule has 12 heteroatoms. The van der Waals surface area contributed by atoms with Gasteiger partial charge in [0, 0.05) is 55.7 Å². The van der Waals surface area contributed by atoms with Crippen molar-refractivity contribution in [1.82, 2.24) is 19.8 Å².